The number of hydrogen-bond acceptors (Lipinski definition) is 4. The van der Waals surface area contributed by atoms with Crippen LogP contribution in [-0.4, -0.2) is 15.0 Å². The Labute approximate surface area is 199 Å². The SMILES string of the molecule is Clc1nc(-c2ccc3ccccc3c2)nc(-c2c3ccccc3cc3oc4ccccc4c23)n1. The molecule has 0 atom stereocenters. The van der Waals surface area contributed by atoms with E-state index in [4.69, 9.17) is 21.0 Å². The third-order valence-electron chi connectivity index (χ3n) is 6.23. The highest BCUT2D eigenvalue weighted by atomic mass is 35.5. The van der Waals surface area contributed by atoms with Crippen LogP contribution in [0.25, 0.3) is 66.3 Å². The lowest BCUT2D eigenvalue weighted by Crippen LogP contribution is -1.98. The third-order valence-corrected chi connectivity index (χ3v) is 6.40. The molecule has 2 heterocycles. The van der Waals surface area contributed by atoms with Gasteiger partial charge in [0.15, 0.2) is 11.6 Å². The highest BCUT2D eigenvalue weighted by molar-refractivity contribution is 6.28. The lowest BCUT2D eigenvalue weighted by atomic mass is 9.98. The van der Waals surface area contributed by atoms with E-state index in [0.29, 0.717) is 11.6 Å². The van der Waals surface area contributed by atoms with Crippen LogP contribution in [0.5, 0.6) is 0 Å². The number of aromatic nitrogens is 3. The maximum Gasteiger partial charge on any atom is 0.226 e. The minimum absolute atomic E-state index is 0.155. The Morgan fingerprint density at radius 3 is 2.15 bits per heavy atom. The molecule has 0 saturated carbocycles. The molecule has 0 unspecified atom stereocenters. The van der Waals surface area contributed by atoms with Crippen molar-refractivity contribution in [3.05, 3.63) is 102 Å². The summed E-state index contributed by atoms with van der Waals surface area (Å²) >= 11 is 6.48. The van der Waals surface area contributed by atoms with Gasteiger partial charge in [-0.2, -0.15) is 9.97 Å². The Balaban J connectivity index is 1.56. The highest BCUT2D eigenvalue weighted by Gasteiger charge is 2.20. The van der Waals surface area contributed by atoms with Crippen LogP contribution in [0.4, 0.5) is 0 Å². The number of rotatable bonds is 2. The molecule has 0 fully saturated rings. The topological polar surface area (TPSA) is 51.8 Å². The van der Waals surface area contributed by atoms with Crippen molar-refractivity contribution < 1.29 is 4.42 Å². The van der Waals surface area contributed by atoms with E-state index in [2.05, 4.69) is 58.5 Å². The van der Waals surface area contributed by atoms with E-state index in [0.717, 1.165) is 54.6 Å². The molecule has 0 aliphatic carbocycles. The minimum atomic E-state index is 0.155. The summed E-state index contributed by atoms with van der Waals surface area (Å²) in [5, 5.41) is 6.50. The van der Waals surface area contributed by atoms with E-state index in [1.807, 2.05) is 48.5 Å². The summed E-state index contributed by atoms with van der Waals surface area (Å²) in [5.41, 5.74) is 3.39. The van der Waals surface area contributed by atoms with Gasteiger partial charge < -0.3 is 4.42 Å². The van der Waals surface area contributed by atoms with Crippen LogP contribution >= 0.6 is 11.6 Å². The van der Waals surface area contributed by atoms with Crippen LogP contribution in [0.2, 0.25) is 5.28 Å². The molecule has 5 heteroatoms. The van der Waals surface area contributed by atoms with Crippen molar-refractivity contribution in [1.82, 2.24) is 15.0 Å². The van der Waals surface area contributed by atoms with Gasteiger partial charge in [-0.1, -0.05) is 78.9 Å². The van der Waals surface area contributed by atoms with Gasteiger partial charge in [0.25, 0.3) is 0 Å². The van der Waals surface area contributed by atoms with Crippen molar-refractivity contribution in [1.29, 1.82) is 0 Å². The van der Waals surface area contributed by atoms with Gasteiger partial charge >= 0.3 is 0 Å². The first-order chi connectivity index (χ1) is 16.7. The second-order valence-electron chi connectivity index (χ2n) is 8.26. The zero-order valence-electron chi connectivity index (χ0n) is 17.9. The predicted octanol–water partition coefficient (Wildman–Crippen LogP) is 8.06. The van der Waals surface area contributed by atoms with Gasteiger partial charge in [0.1, 0.15) is 11.2 Å². The number of furan rings is 1. The number of hydrogen-bond donors (Lipinski definition) is 0. The molecular formula is C29H16ClN3O. The molecule has 5 aromatic carbocycles. The van der Waals surface area contributed by atoms with Crippen LogP contribution in [0.15, 0.2) is 101 Å². The third kappa shape index (κ3) is 2.96. The number of benzene rings is 5. The Morgan fingerprint density at radius 1 is 0.559 bits per heavy atom. The van der Waals surface area contributed by atoms with Gasteiger partial charge in [-0.3, -0.25) is 0 Å². The molecular weight excluding hydrogens is 442 g/mol. The van der Waals surface area contributed by atoms with Crippen LogP contribution in [0.1, 0.15) is 0 Å². The Hall–Kier alpha value is -4.28. The van der Waals surface area contributed by atoms with Gasteiger partial charge in [-0.25, -0.2) is 4.98 Å². The van der Waals surface area contributed by atoms with Crippen molar-refractivity contribution in [3.63, 3.8) is 0 Å². The summed E-state index contributed by atoms with van der Waals surface area (Å²) in [4.78, 5) is 14.0. The van der Waals surface area contributed by atoms with Gasteiger partial charge in [0.2, 0.25) is 5.28 Å². The summed E-state index contributed by atoms with van der Waals surface area (Å²) in [6.45, 7) is 0. The summed E-state index contributed by atoms with van der Waals surface area (Å²) in [5.74, 6) is 1.06. The van der Waals surface area contributed by atoms with Crippen molar-refractivity contribution in [3.8, 4) is 22.8 Å². The normalized spacial score (nSPS) is 11.7. The molecule has 0 aliphatic rings. The van der Waals surface area contributed by atoms with Gasteiger partial charge in [-0.05, 0) is 51.3 Å². The van der Waals surface area contributed by atoms with E-state index in [9.17, 15) is 0 Å². The molecule has 0 aliphatic heterocycles. The van der Waals surface area contributed by atoms with Gasteiger partial charge in [0, 0.05) is 21.9 Å². The fourth-order valence-corrected chi connectivity index (χ4v) is 4.86. The van der Waals surface area contributed by atoms with Gasteiger partial charge in [-0.15, -0.1) is 0 Å². The van der Waals surface area contributed by atoms with Crippen molar-refractivity contribution in [2.24, 2.45) is 0 Å². The van der Waals surface area contributed by atoms with E-state index in [1.54, 1.807) is 0 Å². The van der Waals surface area contributed by atoms with Crippen molar-refractivity contribution >= 4 is 55.1 Å². The van der Waals surface area contributed by atoms with Crippen LogP contribution in [0.3, 0.4) is 0 Å². The smallest absolute Gasteiger partial charge is 0.226 e. The highest BCUT2D eigenvalue weighted by Crippen LogP contribution is 2.41. The van der Waals surface area contributed by atoms with E-state index in [-0.39, 0.29) is 5.28 Å². The molecule has 2 aromatic heterocycles. The lowest BCUT2D eigenvalue weighted by molar-refractivity contribution is 0.669. The Kier molecular flexibility index (Phi) is 4.16. The first kappa shape index (κ1) is 19.2. The summed E-state index contributed by atoms with van der Waals surface area (Å²) in [7, 11) is 0. The number of fused-ring (bicyclic) bond motifs is 5. The first-order valence-electron chi connectivity index (χ1n) is 11.0. The monoisotopic (exact) mass is 457 g/mol. The van der Waals surface area contributed by atoms with Crippen LogP contribution in [0, 0.1) is 0 Å². The molecule has 0 amide bonds. The van der Waals surface area contributed by atoms with Crippen LogP contribution in [-0.2, 0) is 0 Å². The van der Waals surface area contributed by atoms with E-state index in [1.165, 1.54) is 0 Å². The molecule has 34 heavy (non-hydrogen) atoms. The second kappa shape index (κ2) is 7.37. The van der Waals surface area contributed by atoms with Crippen molar-refractivity contribution in [2.75, 3.05) is 0 Å². The maximum atomic E-state index is 6.48. The average molecular weight is 458 g/mol. The number of halogens is 1. The molecule has 0 saturated heterocycles. The molecule has 7 aromatic rings. The van der Waals surface area contributed by atoms with E-state index >= 15 is 0 Å². The molecule has 0 bridgehead atoms. The lowest BCUT2D eigenvalue weighted by Gasteiger charge is -2.10. The standard InChI is InChI=1S/C29H16ClN3O/c30-29-32-27(20-14-13-17-7-1-2-8-18(17)15-20)31-28(33-29)26-21-10-4-3-9-19(21)16-24-25(26)22-11-5-6-12-23(22)34-24/h1-16H. The molecule has 7 rings (SSSR count). The summed E-state index contributed by atoms with van der Waals surface area (Å²) in [6.07, 6.45) is 0. The molecule has 0 N–H and O–H groups in total. The first-order valence-corrected chi connectivity index (χ1v) is 11.4. The Morgan fingerprint density at radius 2 is 1.26 bits per heavy atom. The Bertz CT molecular complexity index is 1890. The van der Waals surface area contributed by atoms with Crippen molar-refractivity contribution in [2.45, 2.75) is 0 Å². The molecule has 0 spiro atoms. The summed E-state index contributed by atoms with van der Waals surface area (Å²) in [6, 6.07) is 32.7. The van der Waals surface area contributed by atoms with E-state index < -0.39 is 0 Å². The second-order valence-corrected chi connectivity index (χ2v) is 8.60. The molecule has 0 radical (unpaired) electrons. The average Bonchev–Trinajstić information content (AvgIpc) is 3.24. The quantitative estimate of drug-likeness (QED) is 0.263. The number of nitrogens with zero attached hydrogens (tertiary/aromatic N) is 3. The predicted molar refractivity (Wildman–Crippen MR) is 138 cm³/mol. The summed E-state index contributed by atoms with van der Waals surface area (Å²) < 4.78 is 6.21. The van der Waals surface area contributed by atoms with Crippen LogP contribution < -0.4 is 0 Å². The fraction of sp³-hybridized carbons (Fsp3) is 0. The fourth-order valence-electron chi connectivity index (χ4n) is 4.70. The largest absolute Gasteiger partial charge is 0.456 e. The zero-order chi connectivity index (χ0) is 22.6. The minimum Gasteiger partial charge on any atom is -0.456 e. The van der Waals surface area contributed by atoms with Gasteiger partial charge in [0.05, 0.1) is 0 Å². The molecule has 160 valence electrons. The zero-order valence-corrected chi connectivity index (χ0v) is 18.6. The maximum absolute atomic E-state index is 6.48. The number of para-hydroxylation sites is 1. The molecule has 4 nitrogen and oxygen atoms in total.